The fraction of sp³-hybridized carbons (Fsp3) is 0.300. The van der Waals surface area contributed by atoms with Gasteiger partial charge in [0.2, 0.25) is 11.7 Å². The SMILES string of the molecule is CC1(C(=O)Nc2cccc(NS(=O)(=O)c3ccc(-c4noc(-c5ccccc5N5CCCCC5)n4)cc3)c2)CC1. The van der Waals surface area contributed by atoms with Gasteiger partial charge in [0.1, 0.15) is 0 Å². The number of aromatic nitrogens is 2. The normalized spacial score (nSPS) is 16.4. The molecule has 0 radical (unpaired) electrons. The predicted octanol–water partition coefficient (Wildman–Crippen LogP) is 5.93. The number of piperidine rings is 1. The van der Waals surface area contributed by atoms with E-state index in [1.807, 2.05) is 25.1 Å². The Morgan fingerprint density at radius 2 is 1.65 bits per heavy atom. The van der Waals surface area contributed by atoms with Crippen molar-refractivity contribution in [3.05, 3.63) is 72.8 Å². The largest absolute Gasteiger partial charge is 0.371 e. The second-order valence-corrected chi connectivity index (χ2v) is 12.4. The van der Waals surface area contributed by atoms with Gasteiger partial charge in [-0.15, -0.1) is 0 Å². The summed E-state index contributed by atoms with van der Waals surface area (Å²) in [5.41, 5.74) is 3.18. The quantitative estimate of drug-likeness (QED) is 0.276. The van der Waals surface area contributed by atoms with Gasteiger partial charge in [-0.3, -0.25) is 9.52 Å². The van der Waals surface area contributed by atoms with Crippen molar-refractivity contribution < 1.29 is 17.7 Å². The van der Waals surface area contributed by atoms with Crippen LogP contribution < -0.4 is 14.9 Å². The molecule has 40 heavy (non-hydrogen) atoms. The van der Waals surface area contributed by atoms with Crippen LogP contribution in [-0.2, 0) is 14.8 Å². The summed E-state index contributed by atoms with van der Waals surface area (Å²) in [5, 5.41) is 7.03. The number of amides is 1. The van der Waals surface area contributed by atoms with Crippen molar-refractivity contribution in [2.75, 3.05) is 28.0 Å². The Balaban J connectivity index is 1.17. The molecule has 1 saturated heterocycles. The number of para-hydroxylation sites is 1. The third-order valence-electron chi connectivity index (χ3n) is 7.60. The molecular weight excluding hydrogens is 526 g/mol. The molecule has 2 fully saturated rings. The molecular formula is C30H31N5O4S. The van der Waals surface area contributed by atoms with Crippen LogP contribution in [0.15, 0.2) is 82.2 Å². The molecule has 2 N–H and O–H groups in total. The number of nitrogens with zero attached hydrogens (tertiary/aromatic N) is 3. The maximum Gasteiger partial charge on any atom is 0.261 e. The summed E-state index contributed by atoms with van der Waals surface area (Å²) in [4.78, 5) is 19.4. The Labute approximate surface area is 233 Å². The number of carbonyl (C=O) groups is 1. The smallest absolute Gasteiger partial charge is 0.261 e. The van der Waals surface area contributed by atoms with Crippen LogP contribution in [0.5, 0.6) is 0 Å². The Morgan fingerprint density at radius 3 is 2.40 bits per heavy atom. The standard InChI is InChI=1S/C30H31N5O4S/c1-30(16-17-30)29(36)31-22-8-7-9-23(20-22)34-40(37,38)24-14-12-21(13-15-24)27-32-28(39-33-27)25-10-3-4-11-26(25)35-18-5-2-6-19-35/h3-4,7-15,20,34H,2,5-6,16-19H2,1H3,(H,31,36). The van der Waals surface area contributed by atoms with E-state index in [0.717, 1.165) is 50.0 Å². The van der Waals surface area contributed by atoms with E-state index in [0.29, 0.717) is 28.7 Å². The third-order valence-corrected chi connectivity index (χ3v) is 9.00. The summed E-state index contributed by atoms with van der Waals surface area (Å²) < 4.78 is 34.4. The van der Waals surface area contributed by atoms with E-state index in [1.165, 1.54) is 18.6 Å². The highest BCUT2D eigenvalue weighted by Gasteiger charge is 2.44. The maximum absolute atomic E-state index is 13.1. The Morgan fingerprint density at radius 1 is 0.925 bits per heavy atom. The van der Waals surface area contributed by atoms with E-state index in [1.54, 1.807) is 36.4 Å². The van der Waals surface area contributed by atoms with Crippen LogP contribution in [0.25, 0.3) is 22.8 Å². The van der Waals surface area contributed by atoms with E-state index in [2.05, 4.69) is 31.1 Å². The van der Waals surface area contributed by atoms with E-state index < -0.39 is 10.0 Å². The predicted molar refractivity (Wildman–Crippen MR) is 154 cm³/mol. The number of sulfonamides is 1. The minimum atomic E-state index is -3.86. The van der Waals surface area contributed by atoms with Crippen LogP contribution >= 0.6 is 0 Å². The topological polar surface area (TPSA) is 117 Å². The van der Waals surface area contributed by atoms with Crippen molar-refractivity contribution in [3.63, 3.8) is 0 Å². The van der Waals surface area contributed by atoms with Gasteiger partial charge in [0, 0.05) is 35.4 Å². The van der Waals surface area contributed by atoms with Crippen LogP contribution in [-0.4, -0.2) is 37.6 Å². The third kappa shape index (κ3) is 5.44. The van der Waals surface area contributed by atoms with Crippen LogP contribution in [0, 0.1) is 5.41 Å². The molecule has 10 heteroatoms. The molecule has 2 heterocycles. The first-order valence-electron chi connectivity index (χ1n) is 13.5. The highest BCUT2D eigenvalue weighted by Crippen LogP contribution is 2.45. The molecule has 1 aromatic heterocycles. The average molecular weight is 558 g/mol. The number of anilines is 3. The second-order valence-electron chi connectivity index (χ2n) is 10.7. The van der Waals surface area contributed by atoms with Crippen LogP contribution in [0.2, 0.25) is 0 Å². The van der Waals surface area contributed by atoms with Gasteiger partial charge in [0.15, 0.2) is 0 Å². The first-order chi connectivity index (χ1) is 19.3. The molecule has 6 rings (SSSR count). The molecule has 9 nitrogen and oxygen atoms in total. The van der Waals surface area contributed by atoms with Crippen LogP contribution in [0.1, 0.15) is 39.0 Å². The highest BCUT2D eigenvalue weighted by atomic mass is 32.2. The second kappa shape index (κ2) is 10.4. The lowest BCUT2D eigenvalue weighted by atomic mass is 10.1. The summed E-state index contributed by atoms with van der Waals surface area (Å²) in [6, 6.07) is 21.0. The minimum Gasteiger partial charge on any atom is -0.371 e. The maximum atomic E-state index is 13.1. The molecule has 206 valence electrons. The number of rotatable bonds is 8. The average Bonchev–Trinajstić information content (AvgIpc) is 3.54. The summed E-state index contributed by atoms with van der Waals surface area (Å²) >= 11 is 0. The summed E-state index contributed by atoms with van der Waals surface area (Å²) in [6.07, 6.45) is 5.29. The lowest BCUT2D eigenvalue weighted by molar-refractivity contribution is -0.120. The molecule has 4 aromatic rings. The number of nitrogens with one attached hydrogen (secondary N) is 2. The monoisotopic (exact) mass is 557 g/mol. The van der Waals surface area contributed by atoms with Gasteiger partial charge in [0.25, 0.3) is 15.9 Å². The lowest BCUT2D eigenvalue weighted by Gasteiger charge is -2.29. The van der Waals surface area contributed by atoms with Gasteiger partial charge in [0.05, 0.1) is 16.1 Å². The first-order valence-corrected chi connectivity index (χ1v) is 15.0. The van der Waals surface area contributed by atoms with E-state index in [-0.39, 0.29) is 16.2 Å². The molecule has 1 aliphatic carbocycles. The molecule has 1 amide bonds. The molecule has 0 unspecified atom stereocenters. The molecule has 1 saturated carbocycles. The van der Waals surface area contributed by atoms with Crippen molar-refractivity contribution >= 4 is 33.0 Å². The van der Waals surface area contributed by atoms with Crippen molar-refractivity contribution in [1.29, 1.82) is 0 Å². The van der Waals surface area contributed by atoms with Crippen LogP contribution in [0.4, 0.5) is 17.1 Å². The fourth-order valence-corrected chi connectivity index (χ4v) is 5.92. The summed E-state index contributed by atoms with van der Waals surface area (Å²) in [5.74, 6) is 0.757. The van der Waals surface area contributed by atoms with Crippen molar-refractivity contribution in [2.24, 2.45) is 5.41 Å². The minimum absolute atomic E-state index is 0.0531. The van der Waals surface area contributed by atoms with Gasteiger partial charge in [-0.25, -0.2) is 8.42 Å². The van der Waals surface area contributed by atoms with Crippen molar-refractivity contribution in [3.8, 4) is 22.8 Å². The van der Waals surface area contributed by atoms with Crippen LogP contribution in [0.3, 0.4) is 0 Å². The number of benzene rings is 3. The van der Waals surface area contributed by atoms with Gasteiger partial charge in [-0.1, -0.05) is 30.3 Å². The number of hydrogen-bond donors (Lipinski definition) is 2. The van der Waals surface area contributed by atoms with Gasteiger partial charge >= 0.3 is 0 Å². The summed E-state index contributed by atoms with van der Waals surface area (Å²) in [7, 11) is -3.86. The Hall–Kier alpha value is -4.18. The zero-order valence-corrected chi connectivity index (χ0v) is 23.1. The molecule has 0 spiro atoms. The van der Waals surface area contributed by atoms with E-state index in [4.69, 9.17) is 4.52 Å². The molecule has 3 aromatic carbocycles. The van der Waals surface area contributed by atoms with E-state index >= 15 is 0 Å². The van der Waals surface area contributed by atoms with Crippen molar-refractivity contribution in [2.45, 2.75) is 43.9 Å². The number of carbonyl (C=O) groups excluding carboxylic acids is 1. The van der Waals surface area contributed by atoms with E-state index in [9.17, 15) is 13.2 Å². The Kier molecular flexibility index (Phi) is 6.79. The molecule has 0 atom stereocenters. The highest BCUT2D eigenvalue weighted by molar-refractivity contribution is 7.92. The zero-order chi connectivity index (χ0) is 27.7. The fourth-order valence-electron chi connectivity index (χ4n) is 4.87. The summed E-state index contributed by atoms with van der Waals surface area (Å²) in [6.45, 7) is 3.92. The van der Waals surface area contributed by atoms with Gasteiger partial charge in [-0.2, -0.15) is 4.98 Å². The van der Waals surface area contributed by atoms with Crippen molar-refractivity contribution in [1.82, 2.24) is 10.1 Å². The Bertz CT molecular complexity index is 1640. The zero-order valence-electron chi connectivity index (χ0n) is 22.3. The molecule has 0 bridgehead atoms. The van der Waals surface area contributed by atoms with Gasteiger partial charge in [-0.05, 0) is 86.7 Å². The molecule has 2 aliphatic rings. The van der Waals surface area contributed by atoms with Gasteiger partial charge < -0.3 is 14.7 Å². The lowest BCUT2D eigenvalue weighted by Crippen LogP contribution is -2.29. The molecule has 1 aliphatic heterocycles. The first kappa shape index (κ1) is 26.1. The number of hydrogen-bond acceptors (Lipinski definition) is 7.